The zero-order chi connectivity index (χ0) is 26.9. The largest absolute Gasteiger partial charge is 0.497 e. The monoisotopic (exact) mass is 508 g/mol. The number of likely N-dealkylation sites (N-methyl/N-ethyl adjacent to an activating group) is 1. The van der Waals surface area contributed by atoms with Gasteiger partial charge in [-0.3, -0.25) is 4.79 Å². The van der Waals surface area contributed by atoms with Crippen LogP contribution >= 0.6 is 0 Å². The lowest BCUT2D eigenvalue weighted by Gasteiger charge is -2.37. The maximum atomic E-state index is 13.5. The molecule has 2 N–H and O–H groups in total. The van der Waals surface area contributed by atoms with Gasteiger partial charge in [0.1, 0.15) is 17.4 Å². The topological polar surface area (TPSA) is 104 Å². The van der Waals surface area contributed by atoms with E-state index >= 15 is 0 Å². The molecule has 2 heterocycles. The highest BCUT2D eigenvalue weighted by Gasteiger charge is 2.34. The predicted octanol–water partition coefficient (Wildman–Crippen LogP) is 3.63. The molecule has 0 unspecified atom stereocenters. The number of hydrogen-bond acceptors (Lipinski definition) is 6. The molecular weight excluding hydrogens is 472 g/mol. The van der Waals surface area contributed by atoms with E-state index in [2.05, 4.69) is 29.1 Å². The lowest BCUT2D eigenvalue weighted by atomic mass is 10.00. The van der Waals surface area contributed by atoms with Crippen LogP contribution < -0.4 is 14.8 Å². The van der Waals surface area contributed by atoms with Gasteiger partial charge in [-0.05, 0) is 43.7 Å². The Morgan fingerprint density at radius 1 is 1.38 bits per heavy atom. The molecule has 9 nitrogen and oxygen atoms in total. The van der Waals surface area contributed by atoms with Crippen molar-refractivity contribution >= 4 is 17.6 Å². The first-order valence-corrected chi connectivity index (χ1v) is 12.5. The highest BCUT2D eigenvalue weighted by molar-refractivity contribution is 5.97. The van der Waals surface area contributed by atoms with E-state index in [1.165, 1.54) is 0 Å². The first-order valence-electron chi connectivity index (χ1n) is 12.5. The highest BCUT2D eigenvalue weighted by Crippen LogP contribution is 2.27. The molecule has 0 radical (unpaired) electrons. The summed E-state index contributed by atoms with van der Waals surface area (Å²) in [5.41, 5.74) is 1.56. The molecule has 0 saturated heterocycles. The van der Waals surface area contributed by atoms with Gasteiger partial charge in [-0.15, -0.1) is 0 Å². The summed E-state index contributed by atoms with van der Waals surface area (Å²) in [6.45, 7) is 6.25. The Balaban J connectivity index is 1.84. The van der Waals surface area contributed by atoms with Gasteiger partial charge in [0.05, 0.1) is 26.3 Å². The number of rotatable bonds is 7. The van der Waals surface area contributed by atoms with E-state index in [-0.39, 0.29) is 36.9 Å². The molecule has 1 aliphatic heterocycles. The zero-order valence-corrected chi connectivity index (χ0v) is 22.2. The number of carbonyl (C=O) groups excluding carboxylic acids is 2. The average Bonchev–Trinajstić information content (AvgIpc) is 2.90. The molecule has 3 rings (SSSR count). The van der Waals surface area contributed by atoms with E-state index in [0.29, 0.717) is 29.1 Å². The zero-order valence-electron chi connectivity index (χ0n) is 22.2. The summed E-state index contributed by atoms with van der Waals surface area (Å²) >= 11 is 0. The van der Waals surface area contributed by atoms with Crippen molar-refractivity contribution < 1.29 is 24.2 Å². The Morgan fingerprint density at radius 3 is 2.76 bits per heavy atom. The number of carbonyl (C=O) groups is 2. The lowest BCUT2D eigenvalue weighted by molar-refractivity contribution is 0.0356. The van der Waals surface area contributed by atoms with Crippen LogP contribution in [-0.2, 0) is 0 Å². The van der Waals surface area contributed by atoms with Crippen LogP contribution in [0.4, 0.5) is 10.5 Å². The average molecular weight is 509 g/mol. The van der Waals surface area contributed by atoms with Crippen molar-refractivity contribution in [3.63, 3.8) is 0 Å². The van der Waals surface area contributed by atoms with Gasteiger partial charge in [0.2, 0.25) is 5.88 Å². The number of fused-ring (bicyclic) bond motifs is 1. The van der Waals surface area contributed by atoms with Crippen molar-refractivity contribution in [2.24, 2.45) is 5.92 Å². The van der Waals surface area contributed by atoms with Crippen LogP contribution in [0, 0.1) is 17.8 Å². The number of hydrogen-bond donors (Lipinski definition) is 2. The minimum Gasteiger partial charge on any atom is -0.497 e. The number of aromatic nitrogens is 1. The lowest BCUT2D eigenvalue weighted by Crippen LogP contribution is -2.50. The second kappa shape index (κ2) is 13.0. The van der Waals surface area contributed by atoms with Crippen molar-refractivity contribution in [1.29, 1.82) is 0 Å². The molecule has 0 fully saturated rings. The van der Waals surface area contributed by atoms with Gasteiger partial charge >= 0.3 is 6.03 Å². The molecule has 0 aliphatic carbocycles. The number of aliphatic hydroxyl groups excluding tert-OH is 1. The van der Waals surface area contributed by atoms with Crippen molar-refractivity contribution in [1.82, 2.24) is 14.8 Å². The van der Waals surface area contributed by atoms with E-state index in [0.717, 1.165) is 12.8 Å². The molecule has 37 heavy (non-hydrogen) atoms. The number of urea groups is 1. The predicted molar refractivity (Wildman–Crippen MR) is 142 cm³/mol. The molecule has 1 aromatic carbocycles. The Labute approximate surface area is 218 Å². The third-order valence-electron chi connectivity index (χ3n) is 6.27. The smallest absolute Gasteiger partial charge is 0.321 e. The number of pyridine rings is 1. The number of amides is 3. The summed E-state index contributed by atoms with van der Waals surface area (Å²) < 4.78 is 11.4. The summed E-state index contributed by atoms with van der Waals surface area (Å²) in [4.78, 5) is 34.0. The van der Waals surface area contributed by atoms with Crippen molar-refractivity contribution in [2.45, 2.75) is 45.8 Å². The summed E-state index contributed by atoms with van der Waals surface area (Å²) in [5, 5.41) is 12.7. The minimum atomic E-state index is -0.448. The van der Waals surface area contributed by atoms with Crippen LogP contribution in [0.3, 0.4) is 0 Å². The molecule has 0 spiro atoms. The quantitative estimate of drug-likeness (QED) is 0.554. The van der Waals surface area contributed by atoms with Crippen LogP contribution in [0.15, 0.2) is 36.5 Å². The number of anilines is 1. The van der Waals surface area contributed by atoms with E-state index in [1.807, 2.05) is 6.92 Å². The van der Waals surface area contributed by atoms with Crippen molar-refractivity contribution in [3.05, 3.63) is 47.7 Å². The molecule has 3 amide bonds. The van der Waals surface area contributed by atoms with Crippen molar-refractivity contribution in [3.8, 4) is 23.5 Å². The second-order valence-corrected chi connectivity index (χ2v) is 9.29. The summed E-state index contributed by atoms with van der Waals surface area (Å²) in [5.74, 6) is 6.61. The summed E-state index contributed by atoms with van der Waals surface area (Å²) in [6, 6.07) is 8.07. The fourth-order valence-corrected chi connectivity index (χ4v) is 3.92. The van der Waals surface area contributed by atoms with Gasteiger partial charge in [0, 0.05) is 43.4 Å². The summed E-state index contributed by atoms with van der Waals surface area (Å²) in [7, 11) is 3.27. The molecule has 0 bridgehead atoms. The number of aliphatic hydroxyl groups is 1. The van der Waals surface area contributed by atoms with E-state index < -0.39 is 12.1 Å². The third-order valence-corrected chi connectivity index (χ3v) is 6.27. The third kappa shape index (κ3) is 7.14. The number of nitrogens with one attached hydrogen (secondary N) is 1. The normalized spacial score (nSPS) is 17.8. The van der Waals surface area contributed by atoms with Gasteiger partial charge in [-0.2, -0.15) is 0 Å². The molecule has 3 atom stereocenters. The number of methoxy groups -OCH3 is 1. The molecule has 0 saturated carbocycles. The number of ether oxygens (including phenoxy) is 2. The first kappa shape index (κ1) is 27.8. The fraction of sp³-hybridized carbons (Fsp3) is 0.464. The van der Waals surface area contributed by atoms with Crippen LogP contribution in [0.5, 0.6) is 11.6 Å². The van der Waals surface area contributed by atoms with Gasteiger partial charge in [0.15, 0.2) is 0 Å². The standard InChI is InChI=1S/C28H36N4O5/c1-6-7-8-9-21-14-24-26(29-15-21)37-25(19(2)16-32(27(24)34)20(3)18-33)17-31(4)28(35)30-22-10-12-23(36-5)13-11-22/h10-15,19-20,25,33H,6-7,16-18H2,1-5H3,(H,30,35)/t19-,20+,25+/m1/s1. The van der Waals surface area contributed by atoms with E-state index in [9.17, 15) is 14.7 Å². The van der Waals surface area contributed by atoms with Crippen molar-refractivity contribution in [2.75, 3.05) is 39.2 Å². The fourth-order valence-electron chi connectivity index (χ4n) is 3.92. The Kier molecular flexibility index (Phi) is 9.75. The Morgan fingerprint density at radius 2 is 2.11 bits per heavy atom. The summed E-state index contributed by atoms with van der Waals surface area (Å²) in [6.07, 6.45) is 2.84. The maximum absolute atomic E-state index is 13.5. The second-order valence-electron chi connectivity index (χ2n) is 9.29. The van der Waals surface area contributed by atoms with Crippen LogP contribution in [0.25, 0.3) is 0 Å². The molecule has 1 aliphatic rings. The van der Waals surface area contributed by atoms with E-state index in [1.54, 1.807) is 67.4 Å². The number of unbranched alkanes of at least 4 members (excludes halogenated alkanes) is 1. The Hall–Kier alpha value is -3.77. The maximum Gasteiger partial charge on any atom is 0.321 e. The highest BCUT2D eigenvalue weighted by atomic mass is 16.5. The van der Waals surface area contributed by atoms with Gasteiger partial charge in [0.25, 0.3) is 5.91 Å². The SMILES string of the molecule is CCCC#Cc1cnc2c(c1)C(=O)N([C@@H](C)CO)C[C@@H](C)[C@H](CN(C)C(=O)Nc1ccc(OC)cc1)O2. The van der Waals surface area contributed by atoms with E-state index in [4.69, 9.17) is 9.47 Å². The Bertz CT molecular complexity index is 1140. The van der Waals surface area contributed by atoms with Gasteiger partial charge in [-0.1, -0.05) is 25.7 Å². The van der Waals surface area contributed by atoms with Crippen LogP contribution in [0.1, 0.15) is 49.5 Å². The molecular formula is C28H36N4O5. The van der Waals surface area contributed by atoms with Crippen LogP contribution in [0.2, 0.25) is 0 Å². The molecule has 2 aromatic rings. The first-order chi connectivity index (χ1) is 17.8. The number of benzene rings is 1. The minimum absolute atomic E-state index is 0.145. The molecule has 9 heteroatoms. The molecule has 198 valence electrons. The van der Waals surface area contributed by atoms with Crippen LogP contribution in [-0.4, -0.2) is 77.8 Å². The van der Waals surface area contributed by atoms with Gasteiger partial charge in [-0.25, -0.2) is 9.78 Å². The molecule has 1 aromatic heterocycles. The van der Waals surface area contributed by atoms with Gasteiger partial charge < -0.3 is 29.7 Å². The number of nitrogens with zero attached hydrogens (tertiary/aromatic N) is 3.